The molecule has 2 N–H and O–H groups in total. The van der Waals surface area contributed by atoms with Gasteiger partial charge in [0.05, 0.1) is 5.92 Å². The predicted octanol–water partition coefficient (Wildman–Crippen LogP) is 2.45. The van der Waals surface area contributed by atoms with Crippen LogP contribution in [0.1, 0.15) is 13.3 Å². The average Bonchev–Trinajstić information content (AvgIpc) is 3.13. The molecule has 5 heteroatoms. The van der Waals surface area contributed by atoms with Gasteiger partial charge in [-0.1, -0.05) is 42.5 Å². The Bertz CT molecular complexity index is 743. The molecule has 2 unspecified atom stereocenters. The van der Waals surface area contributed by atoms with E-state index in [9.17, 15) is 9.59 Å². The molecule has 0 aliphatic carbocycles. The third kappa shape index (κ3) is 3.99. The van der Waals surface area contributed by atoms with E-state index in [4.69, 9.17) is 10.5 Å². The van der Waals surface area contributed by atoms with E-state index in [1.165, 1.54) is 0 Å². The topological polar surface area (TPSA) is 72.6 Å². The van der Waals surface area contributed by atoms with Gasteiger partial charge in [0, 0.05) is 13.1 Å². The number of benzene rings is 2. The third-order valence-electron chi connectivity index (χ3n) is 4.52. The molecule has 2 amide bonds. The largest absolute Gasteiger partial charge is 0.481 e. The van der Waals surface area contributed by atoms with Crippen molar-refractivity contribution in [1.29, 1.82) is 0 Å². The Balaban J connectivity index is 1.60. The zero-order chi connectivity index (χ0) is 17.8. The average molecular weight is 338 g/mol. The molecule has 2 aromatic rings. The van der Waals surface area contributed by atoms with E-state index in [1.807, 2.05) is 54.6 Å². The second-order valence-corrected chi connectivity index (χ2v) is 6.32. The van der Waals surface area contributed by atoms with Crippen molar-refractivity contribution in [3.05, 3.63) is 54.6 Å². The van der Waals surface area contributed by atoms with Gasteiger partial charge in [-0.25, -0.2) is 0 Å². The van der Waals surface area contributed by atoms with Crippen molar-refractivity contribution in [2.45, 2.75) is 19.4 Å². The predicted molar refractivity (Wildman–Crippen MR) is 95.8 cm³/mol. The molecule has 25 heavy (non-hydrogen) atoms. The van der Waals surface area contributed by atoms with E-state index >= 15 is 0 Å². The quantitative estimate of drug-likeness (QED) is 0.910. The first-order valence-corrected chi connectivity index (χ1v) is 8.45. The monoisotopic (exact) mass is 338 g/mol. The molecule has 2 atom stereocenters. The van der Waals surface area contributed by atoms with E-state index < -0.39 is 6.10 Å². The summed E-state index contributed by atoms with van der Waals surface area (Å²) in [5, 5.41) is 0. The van der Waals surface area contributed by atoms with Gasteiger partial charge in [0.2, 0.25) is 5.91 Å². The van der Waals surface area contributed by atoms with Crippen LogP contribution in [0.4, 0.5) is 0 Å². The summed E-state index contributed by atoms with van der Waals surface area (Å²) in [6, 6.07) is 17.7. The molecular weight excluding hydrogens is 316 g/mol. The Morgan fingerprint density at radius 2 is 1.72 bits per heavy atom. The van der Waals surface area contributed by atoms with Crippen LogP contribution in [0.3, 0.4) is 0 Å². The molecule has 0 saturated carbocycles. The minimum atomic E-state index is -0.603. The van der Waals surface area contributed by atoms with Crippen molar-refractivity contribution < 1.29 is 14.3 Å². The Morgan fingerprint density at radius 1 is 1.08 bits per heavy atom. The van der Waals surface area contributed by atoms with Gasteiger partial charge < -0.3 is 15.4 Å². The molecule has 2 aromatic carbocycles. The molecular formula is C20H22N2O3. The summed E-state index contributed by atoms with van der Waals surface area (Å²) in [6.45, 7) is 2.66. The van der Waals surface area contributed by atoms with Gasteiger partial charge in [-0.05, 0) is 36.6 Å². The fourth-order valence-corrected chi connectivity index (χ4v) is 3.06. The minimum absolute atomic E-state index is 0.115. The summed E-state index contributed by atoms with van der Waals surface area (Å²) >= 11 is 0. The lowest BCUT2D eigenvalue weighted by Crippen LogP contribution is -2.40. The maximum Gasteiger partial charge on any atom is 0.263 e. The van der Waals surface area contributed by atoms with Crippen LogP contribution in [-0.4, -0.2) is 35.9 Å². The fourth-order valence-electron chi connectivity index (χ4n) is 3.06. The number of rotatable bonds is 5. The molecule has 1 aliphatic heterocycles. The molecule has 0 bridgehead atoms. The van der Waals surface area contributed by atoms with Crippen LogP contribution in [0.5, 0.6) is 5.75 Å². The highest BCUT2D eigenvalue weighted by atomic mass is 16.5. The highest BCUT2D eigenvalue weighted by Crippen LogP contribution is 2.23. The Labute approximate surface area is 147 Å². The number of nitrogens with zero attached hydrogens (tertiary/aromatic N) is 1. The number of hydrogen-bond donors (Lipinski definition) is 1. The van der Waals surface area contributed by atoms with Crippen LogP contribution in [0.15, 0.2) is 54.6 Å². The first-order valence-electron chi connectivity index (χ1n) is 8.45. The molecule has 130 valence electrons. The first kappa shape index (κ1) is 17.0. The lowest BCUT2D eigenvalue weighted by molar-refractivity contribution is -0.137. The summed E-state index contributed by atoms with van der Waals surface area (Å²) in [5.41, 5.74) is 7.54. The summed E-state index contributed by atoms with van der Waals surface area (Å²) in [6.07, 6.45) is 0.0220. The van der Waals surface area contributed by atoms with E-state index in [0.29, 0.717) is 25.3 Å². The second kappa shape index (κ2) is 7.38. The van der Waals surface area contributed by atoms with E-state index in [2.05, 4.69) is 0 Å². The molecule has 0 radical (unpaired) electrons. The van der Waals surface area contributed by atoms with Gasteiger partial charge >= 0.3 is 0 Å². The van der Waals surface area contributed by atoms with Crippen molar-refractivity contribution in [3.63, 3.8) is 0 Å². The Hall–Kier alpha value is -2.82. The summed E-state index contributed by atoms with van der Waals surface area (Å²) in [4.78, 5) is 25.3. The number of primary amides is 1. The zero-order valence-electron chi connectivity index (χ0n) is 14.2. The van der Waals surface area contributed by atoms with Crippen molar-refractivity contribution in [2.24, 2.45) is 11.7 Å². The van der Waals surface area contributed by atoms with Crippen LogP contribution < -0.4 is 10.5 Å². The molecule has 3 rings (SSSR count). The van der Waals surface area contributed by atoms with Crippen LogP contribution in [0.25, 0.3) is 11.1 Å². The van der Waals surface area contributed by atoms with E-state index in [1.54, 1.807) is 11.8 Å². The molecule has 1 heterocycles. The zero-order valence-corrected chi connectivity index (χ0v) is 14.2. The fraction of sp³-hybridized carbons (Fsp3) is 0.300. The lowest BCUT2D eigenvalue weighted by atomic mass is 10.1. The number of nitrogens with two attached hydrogens (primary N) is 1. The summed E-state index contributed by atoms with van der Waals surface area (Å²) in [5.74, 6) is -0.0660. The number of hydrogen-bond acceptors (Lipinski definition) is 3. The van der Waals surface area contributed by atoms with Crippen LogP contribution in [0, 0.1) is 5.92 Å². The van der Waals surface area contributed by atoms with Gasteiger partial charge in [-0.15, -0.1) is 0 Å². The Morgan fingerprint density at radius 3 is 2.32 bits per heavy atom. The molecule has 1 fully saturated rings. The van der Waals surface area contributed by atoms with Crippen molar-refractivity contribution in [3.8, 4) is 16.9 Å². The maximum atomic E-state index is 12.5. The van der Waals surface area contributed by atoms with Crippen molar-refractivity contribution in [1.82, 2.24) is 4.90 Å². The van der Waals surface area contributed by atoms with Crippen molar-refractivity contribution >= 4 is 11.8 Å². The molecule has 1 aliphatic rings. The van der Waals surface area contributed by atoms with Gasteiger partial charge in [-0.2, -0.15) is 0 Å². The van der Waals surface area contributed by atoms with Gasteiger partial charge in [-0.3, -0.25) is 9.59 Å². The summed E-state index contributed by atoms with van der Waals surface area (Å²) < 4.78 is 5.77. The highest BCUT2D eigenvalue weighted by Gasteiger charge is 2.32. The lowest BCUT2D eigenvalue weighted by Gasteiger charge is -2.21. The van der Waals surface area contributed by atoms with Crippen molar-refractivity contribution in [2.75, 3.05) is 13.1 Å². The molecule has 5 nitrogen and oxygen atoms in total. The number of amides is 2. The molecule has 1 saturated heterocycles. The van der Waals surface area contributed by atoms with Gasteiger partial charge in [0.1, 0.15) is 5.75 Å². The smallest absolute Gasteiger partial charge is 0.263 e. The first-order chi connectivity index (χ1) is 12.0. The Kier molecular flexibility index (Phi) is 5.03. The maximum absolute atomic E-state index is 12.5. The van der Waals surface area contributed by atoms with Gasteiger partial charge in [0.25, 0.3) is 5.91 Å². The standard InChI is InChI=1S/C20H22N2O3/c1-14(20(24)22-12-11-17(13-22)19(21)23)25-18-9-7-16(8-10-18)15-5-3-2-4-6-15/h2-10,14,17H,11-13H2,1H3,(H2,21,23). The SMILES string of the molecule is CC(Oc1ccc(-c2ccccc2)cc1)C(=O)N1CCC(C(N)=O)C1. The number of carbonyl (C=O) groups excluding carboxylic acids is 2. The normalized spacial score (nSPS) is 18.0. The van der Waals surface area contributed by atoms with Gasteiger partial charge in [0.15, 0.2) is 6.10 Å². The second-order valence-electron chi connectivity index (χ2n) is 6.32. The number of ether oxygens (including phenoxy) is 1. The third-order valence-corrected chi connectivity index (χ3v) is 4.52. The summed E-state index contributed by atoms with van der Waals surface area (Å²) in [7, 11) is 0. The highest BCUT2D eigenvalue weighted by molar-refractivity contribution is 5.83. The molecule has 0 spiro atoms. The number of likely N-dealkylation sites (tertiary alicyclic amines) is 1. The van der Waals surface area contributed by atoms with E-state index in [-0.39, 0.29) is 17.7 Å². The van der Waals surface area contributed by atoms with Crippen LogP contribution in [-0.2, 0) is 9.59 Å². The minimum Gasteiger partial charge on any atom is -0.481 e. The van der Waals surface area contributed by atoms with Crippen LogP contribution in [0.2, 0.25) is 0 Å². The number of carbonyl (C=O) groups is 2. The molecule has 0 aromatic heterocycles. The van der Waals surface area contributed by atoms with E-state index in [0.717, 1.165) is 11.1 Å². The van der Waals surface area contributed by atoms with Crippen LogP contribution >= 0.6 is 0 Å².